The summed E-state index contributed by atoms with van der Waals surface area (Å²) in [5.74, 6) is -0.762. The predicted molar refractivity (Wildman–Crippen MR) is 110 cm³/mol. The maximum atomic E-state index is 13.2. The molecule has 0 radical (unpaired) electrons. The number of sulfone groups is 1. The van der Waals surface area contributed by atoms with Crippen LogP contribution in [0.2, 0.25) is 0 Å². The van der Waals surface area contributed by atoms with E-state index < -0.39 is 27.0 Å². The first-order chi connectivity index (χ1) is 14.4. The van der Waals surface area contributed by atoms with Crippen LogP contribution in [0.4, 0.5) is 0 Å². The number of fused-ring (bicyclic) bond motifs is 2. The van der Waals surface area contributed by atoms with Crippen molar-refractivity contribution >= 4 is 27.0 Å². The van der Waals surface area contributed by atoms with Gasteiger partial charge in [-0.2, -0.15) is 0 Å². The summed E-state index contributed by atoms with van der Waals surface area (Å²) in [5.41, 5.74) is 1.32. The number of carbonyl (C=O) groups is 1. The molecule has 8 heteroatoms. The van der Waals surface area contributed by atoms with Gasteiger partial charge in [0.1, 0.15) is 6.61 Å². The second-order valence-corrected chi connectivity index (χ2v) is 10.0. The zero-order chi connectivity index (χ0) is 21.3. The Morgan fingerprint density at radius 3 is 2.43 bits per heavy atom. The lowest BCUT2D eigenvalue weighted by atomic mass is 9.99. The largest absolute Gasteiger partial charge is 0.606 e. The first-order valence-electron chi connectivity index (χ1n) is 9.18. The number of hydrogen-bond donors (Lipinski definition) is 1. The van der Waals surface area contributed by atoms with Crippen LogP contribution in [0.1, 0.15) is 21.5 Å². The quantitative estimate of drug-likeness (QED) is 0.481. The fraction of sp³-hybridized carbons (Fsp3) is 0.136. The van der Waals surface area contributed by atoms with E-state index in [1.54, 1.807) is 30.3 Å². The lowest BCUT2D eigenvalue weighted by Crippen LogP contribution is -2.21. The Labute approximate surface area is 177 Å². The Hall–Kier alpha value is -2.65. The first-order valence-corrected chi connectivity index (χ1v) is 11.8. The highest BCUT2D eigenvalue weighted by Crippen LogP contribution is 2.38. The number of carbonyl (C=O) groups excluding carboxylic acids is 1. The van der Waals surface area contributed by atoms with Crippen LogP contribution in [0.5, 0.6) is 0 Å². The molecule has 3 aromatic rings. The molecule has 0 spiro atoms. The number of ether oxygens (including phenoxy) is 1. The maximum absolute atomic E-state index is 13.2. The predicted octanol–water partition coefficient (Wildman–Crippen LogP) is 2.74. The molecular weight excluding hydrogens is 424 g/mol. The van der Waals surface area contributed by atoms with Crippen LogP contribution in [0, 0.1) is 0 Å². The molecule has 4 rings (SSSR count). The second-order valence-electron chi connectivity index (χ2n) is 6.68. The molecule has 0 saturated heterocycles. The minimum absolute atomic E-state index is 0.0401. The molecule has 0 aliphatic carbocycles. The van der Waals surface area contributed by atoms with Crippen molar-refractivity contribution < 1.29 is 27.6 Å². The van der Waals surface area contributed by atoms with Gasteiger partial charge in [0.15, 0.2) is 9.79 Å². The van der Waals surface area contributed by atoms with Gasteiger partial charge >= 0.3 is 5.97 Å². The van der Waals surface area contributed by atoms with Crippen LogP contribution in [0.15, 0.2) is 86.3 Å². The number of esters is 1. The van der Waals surface area contributed by atoms with Crippen molar-refractivity contribution in [2.24, 2.45) is 0 Å². The van der Waals surface area contributed by atoms with Gasteiger partial charge in [0, 0.05) is 34.8 Å². The molecule has 1 aliphatic heterocycles. The molecule has 0 bridgehead atoms. The van der Waals surface area contributed by atoms with E-state index in [0.29, 0.717) is 16.9 Å². The summed E-state index contributed by atoms with van der Waals surface area (Å²) in [5, 5.41) is 8.98. The average molecular weight is 443 g/mol. The molecule has 1 atom stereocenters. The summed E-state index contributed by atoms with van der Waals surface area (Å²) >= 11 is -1.65. The van der Waals surface area contributed by atoms with Crippen LogP contribution >= 0.6 is 0 Å². The number of rotatable bonds is 5. The Morgan fingerprint density at radius 2 is 1.70 bits per heavy atom. The fourth-order valence-corrected chi connectivity index (χ4v) is 6.26. The van der Waals surface area contributed by atoms with E-state index in [-0.39, 0.29) is 33.5 Å². The SMILES string of the molecule is O=C(OCCO)c1cc(S(=O)(=O)c2ccccc2)cc2c1Cc1ccccc1[S+]2[O-]. The molecule has 154 valence electrons. The topological polar surface area (TPSA) is 104 Å². The third-order valence-electron chi connectivity index (χ3n) is 4.83. The highest BCUT2D eigenvalue weighted by atomic mass is 32.2. The van der Waals surface area contributed by atoms with Gasteiger partial charge in [0.25, 0.3) is 0 Å². The Morgan fingerprint density at radius 1 is 1.00 bits per heavy atom. The van der Waals surface area contributed by atoms with E-state index in [1.165, 1.54) is 24.3 Å². The van der Waals surface area contributed by atoms with Gasteiger partial charge in [-0.3, -0.25) is 0 Å². The number of benzene rings is 3. The molecule has 0 aromatic heterocycles. The number of hydrogen-bond acceptors (Lipinski definition) is 6. The van der Waals surface area contributed by atoms with Gasteiger partial charge < -0.3 is 14.4 Å². The molecule has 3 aromatic carbocycles. The lowest BCUT2D eigenvalue weighted by Gasteiger charge is -2.24. The van der Waals surface area contributed by atoms with Crippen molar-refractivity contribution in [1.29, 1.82) is 0 Å². The van der Waals surface area contributed by atoms with Gasteiger partial charge in [-0.25, -0.2) is 13.2 Å². The summed E-state index contributed by atoms with van der Waals surface area (Å²) in [6.45, 7) is -0.576. The first kappa shape index (κ1) is 20.6. The van der Waals surface area contributed by atoms with Crippen molar-refractivity contribution in [3.63, 3.8) is 0 Å². The van der Waals surface area contributed by atoms with E-state index in [9.17, 15) is 17.8 Å². The third-order valence-corrected chi connectivity index (χ3v) is 8.14. The standard InChI is InChI=1S/C22H18O6S2/c23-10-11-28-22(24)19-13-17(30(26,27)16-7-2-1-3-8-16)14-21-18(19)12-15-6-4-5-9-20(15)29(21)25/h1-9,13-14,23H,10-12H2. The molecule has 0 saturated carbocycles. The summed E-state index contributed by atoms with van der Waals surface area (Å²) < 4.78 is 44.6. The molecule has 1 N–H and O–H groups in total. The number of aliphatic hydroxyl groups is 1. The fourth-order valence-electron chi connectivity index (χ4n) is 3.40. The smallest absolute Gasteiger partial charge is 0.338 e. The molecule has 0 amide bonds. The van der Waals surface area contributed by atoms with Crippen molar-refractivity contribution in [3.8, 4) is 0 Å². The van der Waals surface area contributed by atoms with E-state index in [1.807, 2.05) is 12.1 Å². The van der Waals surface area contributed by atoms with Crippen LogP contribution in [0.3, 0.4) is 0 Å². The highest BCUT2D eigenvalue weighted by Gasteiger charge is 2.34. The van der Waals surface area contributed by atoms with Crippen molar-refractivity contribution in [1.82, 2.24) is 0 Å². The van der Waals surface area contributed by atoms with Gasteiger partial charge in [-0.15, -0.1) is 0 Å². The Kier molecular flexibility index (Phi) is 5.66. The summed E-state index contributed by atoms with van der Waals surface area (Å²) in [6, 6.07) is 17.6. The van der Waals surface area contributed by atoms with Gasteiger partial charge in [0.2, 0.25) is 9.84 Å². The van der Waals surface area contributed by atoms with E-state index >= 15 is 0 Å². The van der Waals surface area contributed by atoms with Gasteiger partial charge in [-0.05, 0) is 24.3 Å². The van der Waals surface area contributed by atoms with Gasteiger partial charge in [-0.1, -0.05) is 36.4 Å². The summed E-state index contributed by atoms with van der Waals surface area (Å²) in [7, 11) is -3.94. The third kappa shape index (κ3) is 3.63. The van der Waals surface area contributed by atoms with Crippen molar-refractivity contribution in [2.75, 3.05) is 13.2 Å². The van der Waals surface area contributed by atoms with Crippen LogP contribution in [0.25, 0.3) is 0 Å². The van der Waals surface area contributed by atoms with E-state index in [0.717, 1.165) is 5.56 Å². The molecule has 1 aliphatic rings. The zero-order valence-electron chi connectivity index (χ0n) is 15.8. The van der Waals surface area contributed by atoms with E-state index in [4.69, 9.17) is 9.84 Å². The molecule has 6 nitrogen and oxygen atoms in total. The number of aliphatic hydroxyl groups excluding tert-OH is 1. The zero-order valence-corrected chi connectivity index (χ0v) is 17.4. The summed E-state index contributed by atoms with van der Waals surface area (Å²) in [6.07, 6.45) is 0.326. The van der Waals surface area contributed by atoms with Gasteiger partial charge in [0.05, 0.1) is 22.0 Å². The van der Waals surface area contributed by atoms with Crippen LogP contribution in [-0.2, 0) is 32.2 Å². The molecule has 0 fully saturated rings. The normalized spacial score (nSPS) is 15.2. The minimum atomic E-state index is -3.94. The van der Waals surface area contributed by atoms with Crippen LogP contribution < -0.4 is 0 Å². The van der Waals surface area contributed by atoms with E-state index in [2.05, 4.69) is 0 Å². The second kappa shape index (κ2) is 8.23. The maximum Gasteiger partial charge on any atom is 0.338 e. The molecule has 1 unspecified atom stereocenters. The monoisotopic (exact) mass is 442 g/mol. The molecule has 1 heterocycles. The Bertz CT molecular complexity index is 1210. The molecular formula is C22H18O6S2. The van der Waals surface area contributed by atoms with Crippen molar-refractivity contribution in [2.45, 2.75) is 26.0 Å². The van der Waals surface area contributed by atoms with Crippen molar-refractivity contribution in [3.05, 3.63) is 83.4 Å². The highest BCUT2D eigenvalue weighted by molar-refractivity contribution is 7.92. The average Bonchev–Trinajstić information content (AvgIpc) is 2.77. The van der Waals surface area contributed by atoms with Crippen LogP contribution in [-0.4, -0.2) is 37.3 Å². The lowest BCUT2D eigenvalue weighted by molar-refractivity contribution is 0.0432. The molecule has 30 heavy (non-hydrogen) atoms. The summed E-state index contributed by atoms with van der Waals surface area (Å²) in [4.78, 5) is 13.5. The minimum Gasteiger partial charge on any atom is -0.606 e. The Balaban J connectivity index is 1.91.